The smallest absolute Gasteiger partial charge is 0.241 e. The van der Waals surface area contributed by atoms with E-state index in [9.17, 15) is 4.79 Å². The highest BCUT2D eigenvalue weighted by molar-refractivity contribution is 5.86. The zero-order valence-electron chi connectivity index (χ0n) is 8.25. The molecule has 0 aromatic carbocycles. The minimum Gasteiger partial charge on any atom is -0.381 e. The number of hydrogen-bond acceptors (Lipinski definition) is 4. The van der Waals surface area contributed by atoms with Crippen LogP contribution in [-0.2, 0) is 9.53 Å². The van der Waals surface area contributed by atoms with Crippen LogP contribution in [-0.4, -0.2) is 30.7 Å². The second-order valence-corrected chi connectivity index (χ2v) is 3.59. The average Bonchev–Trinajstić information content (AvgIpc) is 2.18. The molecule has 0 unspecified atom stereocenters. The molecule has 0 aromatic heterocycles. The van der Waals surface area contributed by atoms with Gasteiger partial charge in [0.1, 0.15) is 6.04 Å². The van der Waals surface area contributed by atoms with Gasteiger partial charge in [0.15, 0.2) is 0 Å². The Morgan fingerprint density at radius 2 is 2.21 bits per heavy atom. The predicted octanol–water partition coefficient (Wildman–Crippen LogP) is -0.477. The molecule has 1 aliphatic rings. The van der Waals surface area contributed by atoms with Crippen molar-refractivity contribution in [1.29, 1.82) is 5.26 Å². The summed E-state index contributed by atoms with van der Waals surface area (Å²) in [7, 11) is 0. The second-order valence-electron chi connectivity index (χ2n) is 3.59. The van der Waals surface area contributed by atoms with Crippen molar-refractivity contribution in [3.05, 3.63) is 0 Å². The van der Waals surface area contributed by atoms with Crippen LogP contribution < -0.4 is 11.1 Å². The Balaban J connectivity index is 2.54. The number of nitriles is 1. The van der Waals surface area contributed by atoms with Gasteiger partial charge in [0.25, 0.3) is 0 Å². The molecule has 0 radical (unpaired) electrons. The fourth-order valence-corrected chi connectivity index (χ4v) is 1.34. The lowest BCUT2D eigenvalue weighted by Crippen LogP contribution is -2.58. The van der Waals surface area contributed by atoms with E-state index in [1.807, 2.05) is 6.07 Å². The highest BCUT2D eigenvalue weighted by atomic mass is 16.5. The van der Waals surface area contributed by atoms with Crippen molar-refractivity contribution in [2.75, 3.05) is 13.2 Å². The number of nitrogens with zero attached hydrogens (tertiary/aromatic N) is 1. The SMILES string of the molecule is C[C@@H](C#N)NC(=O)C1(N)CCOCC1. The lowest BCUT2D eigenvalue weighted by Gasteiger charge is -2.32. The zero-order chi connectivity index (χ0) is 10.6. The first-order valence-corrected chi connectivity index (χ1v) is 4.66. The number of amides is 1. The second kappa shape index (κ2) is 4.40. The van der Waals surface area contributed by atoms with Crippen LogP contribution in [0.2, 0.25) is 0 Å². The standard InChI is InChI=1S/C9H15N3O2/c1-7(6-10)12-8(13)9(11)2-4-14-5-3-9/h7H,2-5,11H2,1H3,(H,12,13)/t7-/m0/s1. The summed E-state index contributed by atoms with van der Waals surface area (Å²) in [5.41, 5.74) is 5.05. The van der Waals surface area contributed by atoms with Gasteiger partial charge >= 0.3 is 0 Å². The van der Waals surface area contributed by atoms with Gasteiger partial charge in [0.2, 0.25) is 5.91 Å². The van der Waals surface area contributed by atoms with E-state index in [1.165, 1.54) is 0 Å². The molecular weight excluding hydrogens is 182 g/mol. The molecule has 5 nitrogen and oxygen atoms in total. The van der Waals surface area contributed by atoms with Gasteiger partial charge in [-0.3, -0.25) is 4.79 Å². The molecule has 0 aliphatic carbocycles. The molecule has 1 atom stereocenters. The Bertz CT molecular complexity index is 253. The van der Waals surface area contributed by atoms with Crippen LogP contribution in [0.5, 0.6) is 0 Å². The Kier molecular flexibility index (Phi) is 3.44. The molecule has 5 heteroatoms. The van der Waals surface area contributed by atoms with E-state index in [-0.39, 0.29) is 5.91 Å². The van der Waals surface area contributed by atoms with Crippen LogP contribution in [0.4, 0.5) is 0 Å². The number of ether oxygens (including phenoxy) is 1. The maximum absolute atomic E-state index is 11.6. The van der Waals surface area contributed by atoms with Crippen molar-refractivity contribution in [1.82, 2.24) is 5.32 Å². The molecule has 3 N–H and O–H groups in total. The summed E-state index contributed by atoms with van der Waals surface area (Å²) in [5, 5.41) is 11.1. The molecule has 0 saturated carbocycles. The van der Waals surface area contributed by atoms with E-state index in [0.717, 1.165) is 0 Å². The molecule has 1 amide bonds. The Morgan fingerprint density at radius 3 is 2.71 bits per heavy atom. The lowest BCUT2D eigenvalue weighted by molar-refractivity contribution is -0.130. The normalized spacial score (nSPS) is 22.1. The van der Waals surface area contributed by atoms with E-state index in [0.29, 0.717) is 26.1 Å². The third-order valence-electron chi connectivity index (χ3n) is 2.38. The maximum atomic E-state index is 11.6. The topological polar surface area (TPSA) is 88.1 Å². The first-order chi connectivity index (χ1) is 6.58. The third kappa shape index (κ3) is 2.44. The summed E-state index contributed by atoms with van der Waals surface area (Å²) in [6, 6.07) is 1.44. The van der Waals surface area contributed by atoms with Crippen molar-refractivity contribution in [2.24, 2.45) is 5.73 Å². The fraction of sp³-hybridized carbons (Fsp3) is 0.778. The van der Waals surface area contributed by atoms with E-state index in [1.54, 1.807) is 6.92 Å². The molecule has 78 valence electrons. The summed E-state index contributed by atoms with van der Waals surface area (Å²) < 4.78 is 5.12. The molecule has 1 saturated heterocycles. The van der Waals surface area contributed by atoms with Crippen LogP contribution in [0.3, 0.4) is 0 Å². The molecule has 14 heavy (non-hydrogen) atoms. The summed E-state index contributed by atoms with van der Waals surface area (Å²) in [5.74, 6) is -0.255. The minimum atomic E-state index is -0.858. The molecule has 1 rings (SSSR count). The minimum absolute atomic E-state index is 0.255. The molecule has 0 bridgehead atoms. The predicted molar refractivity (Wildman–Crippen MR) is 50.2 cm³/mol. The Morgan fingerprint density at radius 1 is 1.64 bits per heavy atom. The van der Waals surface area contributed by atoms with Gasteiger partial charge in [-0.15, -0.1) is 0 Å². The lowest BCUT2D eigenvalue weighted by atomic mass is 9.90. The van der Waals surface area contributed by atoms with Crippen molar-refractivity contribution in [3.63, 3.8) is 0 Å². The van der Waals surface area contributed by atoms with Crippen molar-refractivity contribution < 1.29 is 9.53 Å². The van der Waals surface area contributed by atoms with Crippen LogP contribution in [0.1, 0.15) is 19.8 Å². The van der Waals surface area contributed by atoms with Crippen LogP contribution in [0.15, 0.2) is 0 Å². The number of carbonyl (C=O) groups excluding carboxylic acids is 1. The number of hydrogen-bond donors (Lipinski definition) is 2. The number of rotatable bonds is 2. The van der Waals surface area contributed by atoms with E-state index in [4.69, 9.17) is 15.7 Å². The Labute approximate surface area is 83.2 Å². The van der Waals surface area contributed by atoms with Crippen LogP contribution in [0, 0.1) is 11.3 Å². The largest absolute Gasteiger partial charge is 0.381 e. The average molecular weight is 197 g/mol. The van der Waals surface area contributed by atoms with E-state index in [2.05, 4.69) is 5.32 Å². The quantitative estimate of drug-likeness (QED) is 0.626. The van der Waals surface area contributed by atoms with Gasteiger partial charge in [-0.1, -0.05) is 0 Å². The van der Waals surface area contributed by atoms with Gasteiger partial charge < -0.3 is 15.8 Å². The fourth-order valence-electron chi connectivity index (χ4n) is 1.34. The number of nitrogens with one attached hydrogen (secondary N) is 1. The van der Waals surface area contributed by atoms with Crippen molar-refractivity contribution >= 4 is 5.91 Å². The third-order valence-corrected chi connectivity index (χ3v) is 2.38. The zero-order valence-corrected chi connectivity index (χ0v) is 8.25. The van der Waals surface area contributed by atoms with Gasteiger partial charge in [-0.05, 0) is 19.8 Å². The first kappa shape index (κ1) is 11.0. The Hall–Kier alpha value is -1.12. The van der Waals surface area contributed by atoms with Crippen molar-refractivity contribution in [3.8, 4) is 6.07 Å². The highest BCUT2D eigenvalue weighted by Gasteiger charge is 2.36. The molecule has 1 heterocycles. The molecule has 1 fully saturated rings. The van der Waals surface area contributed by atoms with Gasteiger partial charge in [0, 0.05) is 13.2 Å². The monoisotopic (exact) mass is 197 g/mol. The maximum Gasteiger partial charge on any atom is 0.241 e. The first-order valence-electron chi connectivity index (χ1n) is 4.66. The highest BCUT2D eigenvalue weighted by Crippen LogP contribution is 2.17. The van der Waals surface area contributed by atoms with Gasteiger partial charge in [0.05, 0.1) is 11.6 Å². The summed E-state index contributed by atoms with van der Waals surface area (Å²) >= 11 is 0. The number of carbonyl (C=O) groups is 1. The van der Waals surface area contributed by atoms with Gasteiger partial charge in [-0.25, -0.2) is 0 Å². The van der Waals surface area contributed by atoms with Crippen LogP contribution in [0.25, 0.3) is 0 Å². The molecule has 1 aliphatic heterocycles. The molecule has 0 aromatic rings. The molecule has 0 spiro atoms. The van der Waals surface area contributed by atoms with Crippen LogP contribution >= 0.6 is 0 Å². The summed E-state index contributed by atoms with van der Waals surface area (Å²) in [6.07, 6.45) is 1.02. The summed E-state index contributed by atoms with van der Waals surface area (Å²) in [4.78, 5) is 11.6. The van der Waals surface area contributed by atoms with Gasteiger partial charge in [-0.2, -0.15) is 5.26 Å². The molecular formula is C9H15N3O2. The number of nitrogens with two attached hydrogens (primary N) is 1. The van der Waals surface area contributed by atoms with Crippen molar-refractivity contribution in [2.45, 2.75) is 31.3 Å². The van der Waals surface area contributed by atoms with E-state index >= 15 is 0 Å². The summed E-state index contributed by atoms with van der Waals surface area (Å²) in [6.45, 7) is 2.64. The van der Waals surface area contributed by atoms with E-state index < -0.39 is 11.6 Å².